The lowest BCUT2D eigenvalue weighted by atomic mass is 10.0. The second kappa shape index (κ2) is 11.7. The van der Waals surface area contributed by atoms with Gasteiger partial charge in [-0.1, -0.05) is 44.2 Å². The molecule has 0 aliphatic carbocycles. The molecule has 1 aromatic carbocycles. The quantitative estimate of drug-likeness (QED) is 0.278. The van der Waals surface area contributed by atoms with Crippen molar-refractivity contribution >= 4 is 6.09 Å². The zero-order chi connectivity index (χ0) is 29.1. The third-order valence-electron chi connectivity index (χ3n) is 6.50. The van der Waals surface area contributed by atoms with Crippen molar-refractivity contribution in [3.63, 3.8) is 0 Å². The number of hydrogen-bond donors (Lipinski definition) is 0. The number of carbonyl (C=O) groups is 1. The van der Waals surface area contributed by atoms with Crippen molar-refractivity contribution < 1.29 is 36.7 Å². The summed E-state index contributed by atoms with van der Waals surface area (Å²) in [5.41, 5.74) is -3.82. The maximum Gasteiger partial charge on any atom is 0.419 e. The average Bonchev–Trinajstić information content (AvgIpc) is 3.40. The first-order chi connectivity index (χ1) is 18.1. The lowest BCUT2D eigenvalue weighted by Crippen LogP contribution is -2.54. The molecule has 8 nitrogen and oxygen atoms in total. The number of ether oxygens (including phenoxy) is 3. The van der Waals surface area contributed by atoms with Crippen molar-refractivity contribution in [1.82, 2.24) is 15.0 Å². The minimum Gasteiger partial charge on any atom is -0.493 e. The highest BCUT2D eigenvalue weighted by atomic mass is 19.4. The molecule has 218 valence electrons. The summed E-state index contributed by atoms with van der Waals surface area (Å²) in [6.45, 7) is 12.7. The number of carbonyl (C=O) groups excluding carboxylic acids is 1. The number of amides is 1. The fourth-order valence-corrected chi connectivity index (χ4v) is 4.57. The van der Waals surface area contributed by atoms with E-state index in [2.05, 4.69) is 17.1 Å². The van der Waals surface area contributed by atoms with Crippen LogP contribution in [0.4, 0.5) is 18.0 Å². The second-order valence-corrected chi connectivity index (χ2v) is 11.6. The van der Waals surface area contributed by atoms with Crippen molar-refractivity contribution in [2.45, 2.75) is 110 Å². The van der Waals surface area contributed by atoms with Gasteiger partial charge in [-0.25, -0.2) is 4.79 Å². The van der Waals surface area contributed by atoms with Gasteiger partial charge in [0.1, 0.15) is 22.6 Å². The van der Waals surface area contributed by atoms with Crippen molar-refractivity contribution in [1.29, 1.82) is 0 Å². The third kappa shape index (κ3) is 7.43. The van der Waals surface area contributed by atoms with E-state index in [1.165, 1.54) is 17.0 Å². The van der Waals surface area contributed by atoms with Gasteiger partial charge >= 0.3 is 12.3 Å². The summed E-state index contributed by atoms with van der Waals surface area (Å²) < 4.78 is 64.2. The van der Waals surface area contributed by atoms with Gasteiger partial charge in [0, 0.05) is 5.56 Å². The Labute approximate surface area is 228 Å². The Morgan fingerprint density at radius 2 is 1.74 bits per heavy atom. The van der Waals surface area contributed by atoms with Crippen LogP contribution in [-0.2, 0) is 21.2 Å². The van der Waals surface area contributed by atoms with Gasteiger partial charge in [0.2, 0.25) is 5.82 Å². The smallest absolute Gasteiger partial charge is 0.419 e. The van der Waals surface area contributed by atoms with E-state index >= 15 is 0 Å². The lowest BCUT2D eigenvalue weighted by Gasteiger charge is -2.38. The minimum atomic E-state index is -4.64. The van der Waals surface area contributed by atoms with Crippen LogP contribution in [0.5, 0.6) is 5.75 Å². The number of halogens is 3. The highest BCUT2D eigenvalue weighted by Crippen LogP contribution is 2.43. The van der Waals surface area contributed by atoms with Gasteiger partial charge in [-0.3, -0.25) is 4.90 Å². The summed E-state index contributed by atoms with van der Waals surface area (Å²) in [6, 6.07) is 3.69. The molecular weight excluding hydrogens is 515 g/mol. The third-order valence-corrected chi connectivity index (χ3v) is 6.50. The van der Waals surface area contributed by atoms with E-state index in [0.29, 0.717) is 6.42 Å². The van der Waals surface area contributed by atoms with Crippen molar-refractivity contribution in [2.75, 3.05) is 13.2 Å². The summed E-state index contributed by atoms with van der Waals surface area (Å²) in [4.78, 5) is 18.9. The van der Waals surface area contributed by atoms with Crippen LogP contribution in [0.1, 0.15) is 98.4 Å². The Morgan fingerprint density at radius 3 is 2.38 bits per heavy atom. The molecule has 0 N–H and O–H groups in total. The Kier molecular flexibility index (Phi) is 9.24. The SMILES string of the molecule is CCCCCCCCOc1ccc(-c2noc(C3(C)COC(C)(C)N3C(=O)OC(C)(C)C)n2)cc1C(F)(F)F. The topological polar surface area (TPSA) is 86.9 Å². The molecule has 0 spiro atoms. The van der Waals surface area contributed by atoms with Gasteiger partial charge < -0.3 is 18.7 Å². The molecular formula is C28H40F3N3O5. The van der Waals surface area contributed by atoms with Crippen LogP contribution in [0.25, 0.3) is 11.4 Å². The number of rotatable bonds is 10. The molecule has 1 aliphatic heterocycles. The Hall–Kier alpha value is -2.82. The molecule has 2 heterocycles. The van der Waals surface area contributed by atoms with E-state index in [9.17, 15) is 18.0 Å². The number of hydrogen-bond acceptors (Lipinski definition) is 7. The predicted octanol–water partition coefficient (Wildman–Crippen LogP) is 7.71. The molecule has 0 radical (unpaired) electrons. The molecule has 1 amide bonds. The van der Waals surface area contributed by atoms with Crippen molar-refractivity contribution in [2.24, 2.45) is 0 Å². The number of nitrogens with zero attached hydrogens (tertiary/aromatic N) is 3. The average molecular weight is 556 g/mol. The molecule has 1 saturated heterocycles. The van der Waals surface area contributed by atoms with E-state index in [-0.39, 0.29) is 36.2 Å². The highest BCUT2D eigenvalue weighted by molar-refractivity contribution is 5.70. The largest absolute Gasteiger partial charge is 0.493 e. The summed E-state index contributed by atoms with van der Waals surface area (Å²) in [5, 5.41) is 3.93. The van der Waals surface area contributed by atoms with Crippen LogP contribution in [0.15, 0.2) is 22.7 Å². The molecule has 1 atom stereocenters. The molecule has 1 fully saturated rings. The maximum atomic E-state index is 13.9. The van der Waals surface area contributed by atoms with Crippen LogP contribution < -0.4 is 4.74 Å². The molecule has 2 aromatic rings. The lowest BCUT2D eigenvalue weighted by molar-refractivity contribution is -0.138. The van der Waals surface area contributed by atoms with Gasteiger partial charge in [-0.15, -0.1) is 0 Å². The van der Waals surface area contributed by atoms with Gasteiger partial charge in [0.15, 0.2) is 0 Å². The molecule has 39 heavy (non-hydrogen) atoms. The van der Waals surface area contributed by atoms with Gasteiger partial charge in [0.25, 0.3) is 5.89 Å². The zero-order valence-electron chi connectivity index (χ0n) is 23.9. The summed E-state index contributed by atoms with van der Waals surface area (Å²) >= 11 is 0. The van der Waals surface area contributed by atoms with Crippen LogP contribution in [0.2, 0.25) is 0 Å². The first kappa shape index (κ1) is 30.7. The minimum absolute atomic E-state index is 0.0193. The predicted molar refractivity (Wildman–Crippen MR) is 139 cm³/mol. The van der Waals surface area contributed by atoms with E-state index < -0.39 is 34.7 Å². The first-order valence-corrected chi connectivity index (χ1v) is 13.4. The molecule has 0 bridgehead atoms. The van der Waals surface area contributed by atoms with E-state index in [0.717, 1.165) is 38.2 Å². The molecule has 3 rings (SSSR count). The number of alkyl halides is 3. The molecule has 11 heteroatoms. The van der Waals surface area contributed by atoms with Crippen LogP contribution in [0.3, 0.4) is 0 Å². The molecule has 0 saturated carbocycles. The van der Waals surface area contributed by atoms with E-state index in [4.69, 9.17) is 18.7 Å². The number of unbranched alkanes of at least 4 members (excludes halogenated alkanes) is 5. The Balaban J connectivity index is 1.83. The second-order valence-electron chi connectivity index (χ2n) is 11.6. The van der Waals surface area contributed by atoms with Gasteiger partial charge in [-0.2, -0.15) is 18.2 Å². The number of aromatic nitrogens is 2. The fraction of sp³-hybridized carbons (Fsp3) is 0.679. The fourth-order valence-electron chi connectivity index (χ4n) is 4.57. The first-order valence-electron chi connectivity index (χ1n) is 13.4. The van der Waals surface area contributed by atoms with Crippen molar-refractivity contribution in [3.05, 3.63) is 29.7 Å². The zero-order valence-corrected chi connectivity index (χ0v) is 23.9. The van der Waals surface area contributed by atoms with Gasteiger partial charge in [0.05, 0.1) is 18.8 Å². The molecule has 1 aromatic heterocycles. The molecule has 1 aliphatic rings. The Bertz CT molecular complexity index is 1130. The van der Waals surface area contributed by atoms with E-state index in [1.54, 1.807) is 41.5 Å². The van der Waals surface area contributed by atoms with Crippen LogP contribution >= 0.6 is 0 Å². The summed E-state index contributed by atoms with van der Waals surface area (Å²) in [6.07, 6.45) is 0.750. The number of benzene rings is 1. The molecule has 1 unspecified atom stereocenters. The highest BCUT2D eigenvalue weighted by Gasteiger charge is 2.57. The van der Waals surface area contributed by atoms with E-state index in [1.807, 2.05) is 0 Å². The summed E-state index contributed by atoms with van der Waals surface area (Å²) in [7, 11) is 0. The summed E-state index contributed by atoms with van der Waals surface area (Å²) in [5.74, 6) is -0.267. The van der Waals surface area contributed by atoms with Crippen molar-refractivity contribution in [3.8, 4) is 17.1 Å². The monoisotopic (exact) mass is 555 g/mol. The standard InChI is InChI=1S/C28H40F3N3O5/c1-8-9-10-11-12-13-16-36-21-15-14-19(17-20(21)28(29,30)31)22-32-23(39-33-22)27(7)18-37-26(5,6)34(27)24(35)38-25(2,3)4/h14-15,17H,8-13,16,18H2,1-7H3. The Morgan fingerprint density at radius 1 is 1.08 bits per heavy atom. The maximum absolute atomic E-state index is 13.9. The van der Waals surface area contributed by atoms with Crippen LogP contribution in [0, 0.1) is 0 Å². The normalized spacial score (nSPS) is 19.4. The van der Waals surface area contributed by atoms with Gasteiger partial charge in [-0.05, 0) is 66.2 Å². The van der Waals surface area contributed by atoms with Crippen LogP contribution in [-0.4, -0.2) is 45.7 Å².